The number of rotatable bonds is 5. The summed E-state index contributed by atoms with van der Waals surface area (Å²) < 4.78 is 44.0. The molecule has 2 heterocycles. The molecule has 4 aromatic rings. The number of hydrogen-bond acceptors (Lipinski definition) is 6. The van der Waals surface area contributed by atoms with Gasteiger partial charge in [0.1, 0.15) is 5.75 Å². The van der Waals surface area contributed by atoms with Crippen LogP contribution in [0.2, 0.25) is 0 Å². The molecule has 2 amide bonds. The largest absolute Gasteiger partial charge is 0.439 e. The Morgan fingerprint density at radius 3 is 2.39 bits per heavy atom. The number of halogens is 3. The Labute approximate surface area is 189 Å². The zero-order valence-electron chi connectivity index (χ0n) is 16.9. The van der Waals surface area contributed by atoms with Crippen LogP contribution in [0.4, 0.5) is 24.0 Å². The number of ether oxygens (including phenoxy) is 1. The van der Waals surface area contributed by atoms with Gasteiger partial charge < -0.3 is 10.1 Å². The van der Waals surface area contributed by atoms with Crippen molar-refractivity contribution in [1.29, 1.82) is 0 Å². The van der Waals surface area contributed by atoms with Crippen LogP contribution in [0.3, 0.4) is 0 Å². The van der Waals surface area contributed by atoms with Crippen LogP contribution < -0.4 is 15.4 Å². The van der Waals surface area contributed by atoms with Crippen molar-refractivity contribution in [2.24, 2.45) is 0 Å². The lowest BCUT2D eigenvalue weighted by atomic mass is 10.2. The Morgan fingerprint density at radius 2 is 1.76 bits per heavy atom. The Kier molecular flexibility index (Phi) is 5.97. The number of carbonyl (C=O) groups is 2. The number of nitrogens with zero attached hydrogens (tertiary/aromatic N) is 2. The third kappa shape index (κ3) is 5.44. The first kappa shape index (κ1) is 22.2. The molecule has 0 saturated heterocycles. The number of thiazole rings is 1. The molecular weight excluding hydrogens is 457 g/mol. The van der Waals surface area contributed by atoms with Gasteiger partial charge in [0, 0.05) is 30.4 Å². The van der Waals surface area contributed by atoms with Crippen molar-refractivity contribution in [3.05, 3.63) is 71.9 Å². The van der Waals surface area contributed by atoms with Crippen molar-refractivity contribution in [1.82, 2.24) is 9.97 Å². The molecule has 0 fully saturated rings. The number of hydrogen-bond donors (Lipinski definition) is 2. The van der Waals surface area contributed by atoms with Crippen molar-refractivity contribution in [3.8, 4) is 11.6 Å². The number of carbonyl (C=O) groups excluding carboxylic acids is 2. The number of alkyl halides is 3. The van der Waals surface area contributed by atoms with E-state index in [0.717, 1.165) is 16.8 Å². The first-order valence-corrected chi connectivity index (χ1v) is 10.3. The Bertz CT molecular complexity index is 1320. The summed E-state index contributed by atoms with van der Waals surface area (Å²) in [5, 5.41) is 5.80. The van der Waals surface area contributed by atoms with Crippen molar-refractivity contribution in [2.45, 2.75) is 13.1 Å². The van der Waals surface area contributed by atoms with E-state index in [1.54, 1.807) is 18.2 Å². The summed E-state index contributed by atoms with van der Waals surface area (Å²) in [7, 11) is 0. The van der Waals surface area contributed by atoms with Crippen LogP contribution in [0, 0.1) is 0 Å². The summed E-state index contributed by atoms with van der Waals surface area (Å²) >= 11 is 1.26. The fourth-order valence-corrected chi connectivity index (χ4v) is 3.73. The van der Waals surface area contributed by atoms with Gasteiger partial charge in [0.05, 0.1) is 15.8 Å². The van der Waals surface area contributed by atoms with Gasteiger partial charge in [-0.2, -0.15) is 13.2 Å². The first-order chi connectivity index (χ1) is 15.7. The second-order valence-electron chi connectivity index (χ2n) is 6.85. The highest BCUT2D eigenvalue weighted by Crippen LogP contribution is 2.31. The molecule has 0 bridgehead atoms. The van der Waals surface area contributed by atoms with Gasteiger partial charge in [-0.3, -0.25) is 14.9 Å². The average molecular weight is 472 g/mol. The lowest BCUT2D eigenvalue weighted by Gasteiger charge is -2.08. The fraction of sp³-hybridized carbons (Fsp3) is 0.0909. The molecule has 0 aliphatic carbocycles. The van der Waals surface area contributed by atoms with Gasteiger partial charge in [0.2, 0.25) is 11.8 Å². The second-order valence-corrected chi connectivity index (χ2v) is 7.88. The minimum atomic E-state index is -4.47. The number of amides is 2. The molecule has 0 unspecified atom stereocenters. The molecule has 2 N–H and O–H groups in total. The number of anilines is 2. The van der Waals surface area contributed by atoms with Crippen molar-refractivity contribution >= 4 is 44.2 Å². The highest BCUT2D eigenvalue weighted by Gasteiger charge is 2.30. The molecular formula is C22H15F3N4O3S. The molecule has 0 saturated carbocycles. The van der Waals surface area contributed by atoms with Gasteiger partial charge in [-0.25, -0.2) is 9.97 Å². The van der Waals surface area contributed by atoms with Crippen LogP contribution in [0.1, 0.15) is 22.8 Å². The maximum Gasteiger partial charge on any atom is 0.417 e. The quantitative estimate of drug-likeness (QED) is 0.388. The predicted octanol–water partition coefficient (Wildman–Crippen LogP) is 5.71. The van der Waals surface area contributed by atoms with E-state index in [0.29, 0.717) is 33.8 Å². The molecule has 0 spiro atoms. The van der Waals surface area contributed by atoms with Crippen molar-refractivity contribution < 1.29 is 27.5 Å². The SMILES string of the molecule is CC(=O)Nc1ccc2nc(NC(=O)c3ccc(Oc4ccc(C(F)(F)F)cn4)cc3)sc2c1. The van der Waals surface area contributed by atoms with Crippen LogP contribution in [0.25, 0.3) is 10.2 Å². The normalized spacial score (nSPS) is 11.3. The molecule has 11 heteroatoms. The van der Waals surface area contributed by atoms with Crippen molar-refractivity contribution in [3.63, 3.8) is 0 Å². The molecule has 168 valence electrons. The van der Waals surface area contributed by atoms with E-state index < -0.39 is 17.6 Å². The highest BCUT2D eigenvalue weighted by atomic mass is 32.1. The van der Waals surface area contributed by atoms with Crippen LogP contribution >= 0.6 is 11.3 Å². The lowest BCUT2D eigenvalue weighted by molar-refractivity contribution is -0.137. The van der Waals surface area contributed by atoms with E-state index in [1.807, 2.05) is 0 Å². The minimum absolute atomic E-state index is 0.00620. The van der Waals surface area contributed by atoms with Crippen LogP contribution in [0.15, 0.2) is 60.8 Å². The van der Waals surface area contributed by atoms with E-state index in [-0.39, 0.29) is 11.8 Å². The van der Waals surface area contributed by atoms with Gasteiger partial charge in [0.25, 0.3) is 5.91 Å². The van der Waals surface area contributed by atoms with Crippen molar-refractivity contribution in [2.75, 3.05) is 10.6 Å². The molecule has 0 radical (unpaired) electrons. The molecule has 0 aliphatic rings. The number of pyridine rings is 1. The third-order valence-electron chi connectivity index (χ3n) is 4.33. The van der Waals surface area contributed by atoms with Gasteiger partial charge in [0.15, 0.2) is 5.13 Å². The van der Waals surface area contributed by atoms with E-state index in [4.69, 9.17) is 4.74 Å². The Morgan fingerprint density at radius 1 is 1.00 bits per heavy atom. The summed E-state index contributed by atoms with van der Waals surface area (Å²) in [5.74, 6) is -0.276. The summed E-state index contributed by atoms with van der Waals surface area (Å²) in [6, 6.07) is 13.3. The van der Waals surface area contributed by atoms with Crippen LogP contribution in [-0.4, -0.2) is 21.8 Å². The van der Waals surface area contributed by atoms with E-state index in [9.17, 15) is 22.8 Å². The van der Waals surface area contributed by atoms with E-state index in [2.05, 4.69) is 20.6 Å². The predicted molar refractivity (Wildman–Crippen MR) is 118 cm³/mol. The minimum Gasteiger partial charge on any atom is -0.439 e. The summed E-state index contributed by atoms with van der Waals surface area (Å²) in [6.45, 7) is 1.42. The zero-order valence-corrected chi connectivity index (χ0v) is 17.8. The molecule has 0 aliphatic heterocycles. The van der Waals surface area contributed by atoms with Gasteiger partial charge in [-0.1, -0.05) is 11.3 Å². The van der Waals surface area contributed by atoms with Crippen LogP contribution in [0.5, 0.6) is 11.6 Å². The summed E-state index contributed by atoms with van der Waals surface area (Å²) in [5.41, 5.74) is 0.774. The number of fused-ring (bicyclic) bond motifs is 1. The first-order valence-electron chi connectivity index (χ1n) is 9.48. The molecule has 2 aromatic carbocycles. The molecule has 0 atom stereocenters. The summed E-state index contributed by atoms with van der Waals surface area (Å²) in [4.78, 5) is 31.7. The monoisotopic (exact) mass is 472 g/mol. The second kappa shape index (κ2) is 8.87. The number of aromatic nitrogens is 2. The highest BCUT2D eigenvalue weighted by molar-refractivity contribution is 7.22. The smallest absolute Gasteiger partial charge is 0.417 e. The van der Waals surface area contributed by atoms with E-state index >= 15 is 0 Å². The maximum absolute atomic E-state index is 12.6. The van der Waals surface area contributed by atoms with Gasteiger partial charge in [-0.15, -0.1) is 0 Å². The molecule has 4 rings (SSSR count). The Balaban J connectivity index is 1.41. The maximum atomic E-state index is 12.6. The van der Waals surface area contributed by atoms with E-state index in [1.165, 1.54) is 42.5 Å². The number of benzene rings is 2. The third-order valence-corrected chi connectivity index (χ3v) is 5.27. The fourth-order valence-electron chi connectivity index (χ4n) is 2.83. The van der Waals surface area contributed by atoms with Crippen LogP contribution in [-0.2, 0) is 11.0 Å². The molecule has 33 heavy (non-hydrogen) atoms. The molecule has 2 aromatic heterocycles. The van der Waals surface area contributed by atoms with Gasteiger partial charge in [-0.05, 0) is 48.5 Å². The standard InChI is InChI=1S/C22H15F3N4O3S/c1-12(30)27-15-5-8-17-18(10-15)33-21(28-17)29-20(31)13-2-6-16(7-3-13)32-19-9-4-14(11-26-19)22(23,24)25/h2-11H,1H3,(H,27,30)(H,28,29,31). The Hall–Kier alpha value is -3.99. The lowest BCUT2D eigenvalue weighted by Crippen LogP contribution is -2.11. The molecule has 7 nitrogen and oxygen atoms in total. The topological polar surface area (TPSA) is 93.2 Å². The number of nitrogens with one attached hydrogen (secondary N) is 2. The average Bonchev–Trinajstić information content (AvgIpc) is 3.15. The summed E-state index contributed by atoms with van der Waals surface area (Å²) in [6.07, 6.45) is -3.79. The zero-order chi connectivity index (χ0) is 23.6. The van der Waals surface area contributed by atoms with Gasteiger partial charge >= 0.3 is 6.18 Å².